The Bertz CT molecular complexity index is 2350. The van der Waals surface area contributed by atoms with Crippen LogP contribution in [0.3, 0.4) is 0 Å². The minimum atomic E-state index is -4.98. The lowest BCUT2D eigenvalue weighted by Gasteiger charge is -2.21. The van der Waals surface area contributed by atoms with Gasteiger partial charge >= 0.3 is 39.5 Å². The van der Waals surface area contributed by atoms with Crippen LogP contribution in [0.1, 0.15) is 362 Å². The maximum Gasteiger partial charge on any atom is 0.472 e. The Hall–Kier alpha value is -4.02. The molecule has 3 N–H and O–H groups in total. The number of aliphatic hydroxyl groups excluding tert-OH is 1. The van der Waals surface area contributed by atoms with Crippen LogP contribution in [-0.2, 0) is 65.4 Å². The van der Waals surface area contributed by atoms with E-state index in [4.69, 9.17) is 37.0 Å². The van der Waals surface area contributed by atoms with Gasteiger partial charge in [0, 0.05) is 25.7 Å². The van der Waals surface area contributed by atoms with E-state index in [1.165, 1.54) is 83.5 Å². The molecule has 0 saturated heterocycles. The fourth-order valence-corrected chi connectivity index (χ4v) is 12.8. The predicted molar refractivity (Wildman–Crippen MR) is 427 cm³/mol. The van der Waals surface area contributed by atoms with Crippen molar-refractivity contribution in [3.63, 3.8) is 0 Å². The van der Waals surface area contributed by atoms with Crippen molar-refractivity contribution in [1.29, 1.82) is 0 Å². The predicted octanol–water partition coefficient (Wildman–Crippen LogP) is 24.3. The lowest BCUT2D eigenvalue weighted by atomic mass is 10.0. The molecule has 5 atom stereocenters. The largest absolute Gasteiger partial charge is 0.472 e. The zero-order valence-electron chi connectivity index (χ0n) is 65.9. The van der Waals surface area contributed by atoms with E-state index in [-0.39, 0.29) is 25.7 Å². The van der Waals surface area contributed by atoms with Gasteiger partial charge in [-0.3, -0.25) is 37.3 Å². The number of hydrogen-bond acceptors (Lipinski definition) is 15. The summed E-state index contributed by atoms with van der Waals surface area (Å²) in [7, 11) is -9.96. The third-order valence-corrected chi connectivity index (χ3v) is 19.4. The van der Waals surface area contributed by atoms with E-state index >= 15 is 0 Å². The number of phosphoric ester groups is 2. The van der Waals surface area contributed by atoms with E-state index in [9.17, 15) is 43.2 Å². The van der Waals surface area contributed by atoms with Crippen LogP contribution in [0.25, 0.3) is 0 Å². The van der Waals surface area contributed by atoms with Crippen LogP contribution in [-0.4, -0.2) is 96.7 Å². The van der Waals surface area contributed by atoms with Gasteiger partial charge in [-0.1, -0.05) is 311 Å². The minimum Gasteiger partial charge on any atom is -0.462 e. The fourth-order valence-electron chi connectivity index (χ4n) is 11.2. The SMILES string of the molecule is CC/C=C\C/C=C\C/C=C\CCCCCCCCCC(=O)OCC(COP(=O)(O)OCC(O)COP(=O)(O)OCC(COC(=O)CCCCCCCC/C=C\C/C=C\C/C=C\CCCCC)OC(=O)CCCCCCC/C=C\C/C=C\CCC)OC(=O)CCCCCCCCCCCCCCCCC. The summed E-state index contributed by atoms with van der Waals surface area (Å²) in [5.74, 6) is -2.19. The first-order valence-electron chi connectivity index (χ1n) is 41.5. The Labute approximate surface area is 633 Å². The highest BCUT2D eigenvalue weighted by molar-refractivity contribution is 7.47. The average molecular weight is 1510 g/mol. The van der Waals surface area contributed by atoms with E-state index in [2.05, 4.69) is 125 Å². The zero-order chi connectivity index (χ0) is 76.0. The van der Waals surface area contributed by atoms with Crippen molar-refractivity contribution in [3.8, 4) is 0 Å². The Balaban J connectivity index is 5.34. The summed E-state index contributed by atoms with van der Waals surface area (Å²) in [5, 5.41) is 10.7. The number of esters is 4. The van der Waals surface area contributed by atoms with Crippen molar-refractivity contribution in [2.75, 3.05) is 39.6 Å². The summed E-state index contributed by atoms with van der Waals surface area (Å²) in [6.45, 7) is 4.69. The molecule has 0 aromatic carbocycles. The monoisotopic (exact) mass is 1510 g/mol. The first-order chi connectivity index (χ1) is 50.7. The maximum absolute atomic E-state index is 13.1. The van der Waals surface area contributed by atoms with Crippen molar-refractivity contribution < 1.29 is 80.2 Å². The smallest absolute Gasteiger partial charge is 0.462 e. The number of allylic oxidation sites excluding steroid dienone is 16. The molecule has 0 saturated carbocycles. The molecule has 0 aliphatic carbocycles. The Morgan fingerprint density at radius 2 is 0.519 bits per heavy atom. The lowest BCUT2D eigenvalue weighted by Crippen LogP contribution is -2.30. The van der Waals surface area contributed by atoms with Gasteiger partial charge in [-0.05, 0) is 122 Å². The summed E-state index contributed by atoms with van der Waals surface area (Å²) in [6, 6.07) is 0. The van der Waals surface area contributed by atoms with Gasteiger partial charge in [-0.25, -0.2) is 9.13 Å². The molecule has 5 unspecified atom stereocenters. The van der Waals surface area contributed by atoms with Gasteiger partial charge in [0.05, 0.1) is 26.4 Å². The number of carbonyl (C=O) groups excluding carboxylic acids is 4. The number of phosphoric acid groups is 2. The molecule has 0 radical (unpaired) electrons. The van der Waals surface area contributed by atoms with Gasteiger partial charge in [0.15, 0.2) is 12.2 Å². The summed E-state index contributed by atoms with van der Waals surface area (Å²) in [6.07, 6.45) is 82.3. The van der Waals surface area contributed by atoms with E-state index < -0.39 is 97.5 Å². The van der Waals surface area contributed by atoms with Crippen LogP contribution in [0.5, 0.6) is 0 Å². The second-order valence-corrected chi connectivity index (χ2v) is 30.6. The third kappa shape index (κ3) is 76.2. The molecule has 0 aromatic heterocycles. The Morgan fingerprint density at radius 1 is 0.279 bits per heavy atom. The van der Waals surface area contributed by atoms with Crippen LogP contribution in [0.15, 0.2) is 97.2 Å². The van der Waals surface area contributed by atoms with Gasteiger partial charge in [0.2, 0.25) is 0 Å². The summed E-state index contributed by atoms with van der Waals surface area (Å²) >= 11 is 0. The Morgan fingerprint density at radius 3 is 0.827 bits per heavy atom. The first-order valence-corrected chi connectivity index (χ1v) is 44.5. The molecular weight excluding hydrogens is 1350 g/mol. The van der Waals surface area contributed by atoms with E-state index in [1.807, 2.05) is 0 Å². The number of hydrogen-bond donors (Lipinski definition) is 3. The number of rotatable bonds is 78. The van der Waals surface area contributed by atoms with Gasteiger partial charge in [-0.2, -0.15) is 0 Å². The van der Waals surface area contributed by atoms with Gasteiger partial charge < -0.3 is 33.8 Å². The van der Waals surface area contributed by atoms with Crippen molar-refractivity contribution in [1.82, 2.24) is 0 Å². The lowest BCUT2D eigenvalue weighted by molar-refractivity contribution is -0.161. The first kappa shape index (κ1) is 100.0. The van der Waals surface area contributed by atoms with Crippen LogP contribution in [0.2, 0.25) is 0 Å². The molecule has 0 aromatic rings. The number of carbonyl (C=O) groups is 4. The van der Waals surface area contributed by atoms with Crippen LogP contribution < -0.4 is 0 Å². The van der Waals surface area contributed by atoms with Gasteiger partial charge in [0.25, 0.3) is 0 Å². The molecule has 0 rings (SSSR count). The molecule has 0 bridgehead atoms. The maximum atomic E-state index is 13.1. The molecule has 0 fully saturated rings. The van der Waals surface area contributed by atoms with Gasteiger partial charge in [0.1, 0.15) is 19.3 Å². The number of unbranched alkanes of at least 4 members (excludes halogenated alkanes) is 36. The van der Waals surface area contributed by atoms with Crippen molar-refractivity contribution in [3.05, 3.63) is 97.2 Å². The normalized spacial score (nSPS) is 14.3. The molecule has 0 spiro atoms. The van der Waals surface area contributed by atoms with Crippen LogP contribution in [0, 0.1) is 0 Å². The quantitative estimate of drug-likeness (QED) is 0.0169. The van der Waals surface area contributed by atoms with Crippen molar-refractivity contribution in [2.45, 2.75) is 380 Å². The number of aliphatic hydroxyl groups is 1. The minimum absolute atomic E-state index is 0.0763. The van der Waals surface area contributed by atoms with Crippen molar-refractivity contribution in [2.24, 2.45) is 0 Å². The van der Waals surface area contributed by atoms with Crippen LogP contribution >= 0.6 is 15.6 Å². The second kappa shape index (κ2) is 77.1. The fraction of sp³-hybridized carbons (Fsp3) is 0.765. The summed E-state index contributed by atoms with van der Waals surface area (Å²) < 4.78 is 68.7. The highest BCUT2D eigenvalue weighted by atomic mass is 31.2. The topological polar surface area (TPSA) is 237 Å². The molecule has 17 nitrogen and oxygen atoms in total. The van der Waals surface area contributed by atoms with E-state index in [0.29, 0.717) is 25.7 Å². The molecular formula is C85H150O17P2. The van der Waals surface area contributed by atoms with E-state index in [0.717, 1.165) is 199 Å². The standard InChI is InChI=1S/C85H150O17P2/c1-5-9-13-17-21-25-29-33-36-38-39-41-44-47-50-54-58-62-66-70-83(88)95-75-80(101-84(89)71-67-63-59-55-51-45-32-28-24-20-16-12-8-4)77-99-103(91,92)97-73-79(86)74-98-104(93,94)100-78-81(102-85(90)72-68-64-60-56-52-48-42-35-31-27-23-19-15-11-7-3)76-96-82(87)69-65-61-57-53-49-46-43-40-37-34-30-26-22-18-14-10-6-2/h10,14,16,20-22,25-26,28,32-34,36-37,39,41,79-81,86H,5-9,11-13,15,17-19,23-24,27,29-31,35,38,40,42-78H2,1-4H3,(H,91,92)(H,93,94)/b14-10-,20-16-,25-21-,26-22-,32-28-,36-33-,37-34-,41-39-. The third-order valence-electron chi connectivity index (χ3n) is 17.5. The van der Waals surface area contributed by atoms with Crippen molar-refractivity contribution >= 4 is 39.5 Å². The Kier molecular flexibility index (Phi) is 74.2. The average Bonchev–Trinajstić information content (AvgIpc) is 0.939. The zero-order valence-corrected chi connectivity index (χ0v) is 67.7. The van der Waals surface area contributed by atoms with Gasteiger partial charge in [-0.15, -0.1) is 0 Å². The molecule has 0 aliphatic heterocycles. The highest BCUT2D eigenvalue weighted by Gasteiger charge is 2.30. The molecule has 104 heavy (non-hydrogen) atoms. The second-order valence-electron chi connectivity index (χ2n) is 27.7. The molecule has 0 heterocycles. The molecule has 0 amide bonds. The molecule has 0 aliphatic rings. The van der Waals surface area contributed by atoms with Crippen LogP contribution in [0.4, 0.5) is 0 Å². The molecule has 602 valence electrons. The van der Waals surface area contributed by atoms with E-state index in [1.54, 1.807) is 0 Å². The summed E-state index contributed by atoms with van der Waals surface area (Å²) in [5.41, 5.74) is 0. The highest BCUT2D eigenvalue weighted by Crippen LogP contribution is 2.45. The molecule has 19 heteroatoms. The number of ether oxygens (including phenoxy) is 4. The summed E-state index contributed by atoms with van der Waals surface area (Å²) in [4.78, 5) is 73.1.